The lowest BCUT2D eigenvalue weighted by molar-refractivity contribution is -0.138. The Morgan fingerprint density at radius 1 is 1.20 bits per heavy atom. The molecule has 0 saturated carbocycles. The summed E-state index contributed by atoms with van der Waals surface area (Å²) in [6.45, 7) is 0. The largest absolute Gasteiger partial charge is 0.508 e. The summed E-state index contributed by atoms with van der Waals surface area (Å²) in [5.74, 6) is -0.922. The summed E-state index contributed by atoms with van der Waals surface area (Å²) in [6, 6.07) is 10.2. The first-order chi connectivity index (χ1) is 9.47. The molecule has 2 aromatic carbocycles. The van der Waals surface area contributed by atoms with Gasteiger partial charge in [0.1, 0.15) is 5.75 Å². The van der Waals surface area contributed by atoms with Crippen LogP contribution in [-0.4, -0.2) is 16.2 Å². The average molecular weight is 357 g/mol. The van der Waals surface area contributed by atoms with Crippen molar-refractivity contribution >= 4 is 39.2 Å². The second kappa shape index (κ2) is 6.15. The predicted molar refractivity (Wildman–Crippen MR) is 81.3 cm³/mol. The molecule has 4 nitrogen and oxygen atoms in total. The Morgan fingerprint density at radius 3 is 2.40 bits per heavy atom. The summed E-state index contributed by atoms with van der Waals surface area (Å²) in [5, 5.41) is 22.0. The summed E-state index contributed by atoms with van der Waals surface area (Å²) >= 11 is 9.18. The molecule has 2 rings (SSSR count). The number of phenols is 1. The summed E-state index contributed by atoms with van der Waals surface area (Å²) in [5.41, 5.74) is 1.17. The van der Waals surface area contributed by atoms with Crippen molar-refractivity contribution in [2.45, 2.75) is 6.04 Å². The lowest BCUT2D eigenvalue weighted by Crippen LogP contribution is -2.20. The van der Waals surface area contributed by atoms with Gasteiger partial charge in [-0.3, -0.25) is 0 Å². The van der Waals surface area contributed by atoms with E-state index in [1.54, 1.807) is 30.3 Å². The number of halogens is 2. The van der Waals surface area contributed by atoms with E-state index in [9.17, 15) is 15.0 Å². The number of aromatic hydroxyl groups is 1. The summed E-state index contributed by atoms with van der Waals surface area (Å²) in [6.07, 6.45) is 0. The van der Waals surface area contributed by atoms with Crippen molar-refractivity contribution in [2.75, 3.05) is 5.32 Å². The molecule has 0 bridgehead atoms. The van der Waals surface area contributed by atoms with Crippen LogP contribution in [0.15, 0.2) is 46.9 Å². The van der Waals surface area contributed by atoms with Gasteiger partial charge in [0.2, 0.25) is 0 Å². The second-order valence-electron chi connectivity index (χ2n) is 4.14. The molecule has 6 heteroatoms. The molecule has 20 heavy (non-hydrogen) atoms. The molecule has 0 spiro atoms. The van der Waals surface area contributed by atoms with Crippen LogP contribution in [0.4, 0.5) is 5.69 Å². The minimum absolute atomic E-state index is 0.0899. The van der Waals surface area contributed by atoms with E-state index in [0.29, 0.717) is 20.7 Å². The highest BCUT2D eigenvalue weighted by Gasteiger charge is 2.19. The highest BCUT2D eigenvalue weighted by Crippen LogP contribution is 2.28. The maximum Gasteiger partial charge on any atom is 0.330 e. The van der Waals surface area contributed by atoms with E-state index < -0.39 is 12.0 Å². The van der Waals surface area contributed by atoms with Gasteiger partial charge in [-0.1, -0.05) is 23.7 Å². The Morgan fingerprint density at radius 2 is 1.85 bits per heavy atom. The number of carboxylic acid groups (broad SMARTS) is 1. The molecule has 0 saturated heterocycles. The normalized spacial score (nSPS) is 11.9. The second-order valence-corrected chi connectivity index (χ2v) is 5.40. The van der Waals surface area contributed by atoms with E-state index in [1.807, 2.05) is 0 Å². The molecule has 1 unspecified atom stereocenters. The van der Waals surface area contributed by atoms with Crippen molar-refractivity contribution < 1.29 is 15.0 Å². The number of aliphatic carboxylic acids is 1. The third kappa shape index (κ3) is 3.43. The van der Waals surface area contributed by atoms with Gasteiger partial charge in [0.05, 0.1) is 5.02 Å². The number of carboxylic acids is 1. The maximum absolute atomic E-state index is 11.4. The summed E-state index contributed by atoms with van der Waals surface area (Å²) < 4.78 is 0.680. The first kappa shape index (κ1) is 14.7. The van der Waals surface area contributed by atoms with Gasteiger partial charge < -0.3 is 15.5 Å². The van der Waals surface area contributed by atoms with Crippen LogP contribution < -0.4 is 5.32 Å². The van der Waals surface area contributed by atoms with Crippen LogP contribution in [-0.2, 0) is 4.79 Å². The minimum atomic E-state index is -1.01. The van der Waals surface area contributed by atoms with Crippen molar-refractivity contribution in [3.8, 4) is 5.75 Å². The van der Waals surface area contributed by atoms with E-state index in [2.05, 4.69) is 21.2 Å². The van der Waals surface area contributed by atoms with Gasteiger partial charge in [0, 0.05) is 10.2 Å². The van der Waals surface area contributed by atoms with Crippen LogP contribution in [0.3, 0.4) is 0 Å². The number of carbonyl (C=O) groups is 1. The number of nitrogens with one attached hydrogen (secondary N) is 1. The average Bonchev–Trinajstić information content (AvgIpc) is 2.41. The van der Waals surface area contributed by atoms with Crippen LogP contribution in [0.5, 0.6) is 5.75 Å². The molecule has 0 aliphatic carbocycles. The smallest absolute Gasteiger partial charge is 0.330 e. The Bertz CT molecular complexity index is 631. The molecule has 0 aliphatic rings. The summed E-state index contributed by atoms with van der Waals surface area (Å²) in [4.78, 5) is 11.4. The Labute approximate surface area is 129 Å². The molecule has 2 aromatic rings. The van der Waals surface area contributed by atoms with E-state index in [0.717, 1.165) is 0 Å². The Hall–Kier alpha value is -1.72. The van der Waals surface area contributed by atoms with Gasteiger partial charge in [0.25, 0.3) is 0 Å². The monoisotopic (exact) mass is 355 g/mol. The predicted octanol–water partition coefficient (Wildman–Crippen LogP) is 4.05. The van der Waals surface area contributed by atoms with Crippen LogP contribution in [0.2, 0.25) is 5.02 Å². The molecule has 0 radical (unpaired) electrons. The Balaban J connectivity index is 2.27. The first-order valence-electron chi connectivity index (χ1n) is 5.70. The quantitative estimate of drug-likeness (QED) is 0.773. The minimum Gasteiger partial charge on any atom is -0.508 e. The van der Waals surface area contributed by atoms with E-state index in [4.69, 9.17) is 11.6 Å². The fourth-order valence-corrected chi connectivity index (χ4v) is 2.20. The van der Waals surface area contributed by atoms with E-state index in [-0.39, 0.29) is 5.75 Å². The number of hydrogen-bond donors (Lipinski definition) is 3. The number of hydrogen-bond acceptors (Lipinski definition) is 3. The number of rotatable bonds is 4. The maximum atomic E-state index is 11.4. The molecular weight excluding hydrogens is 346 g/mol. The van der Waals surface area contributed by atoms with Crippen molar-refractivity contribution in [2.24, 2.45) is 0 Å². The van der Waals surface area contributed by atoms with Crippen molar-refractivity contribution in [1.82, 2.24) is 0 Å². The number of benzene rings is 2. The van der Waals surface area contributed by atoms with Gasteiger partial charge in [-0.2, -0.15) is 0 Å². The molecular formula is C14H11BrClNO3. The fraction of sp³-hybridized carbons (Fsp3) is 0.0714. The van der Waals surface area contributed by atoms with Gasteiger partial charge in [-0.25, -0.2) is 4.79 Å². The van der Waals surface area contributed by atoms with Crippen molar-refractivity contribution in [3.05, 3.63) is 57.5 Å². The highest BCUT2D eigenvalue weighted by atomic mass is 79.9. The number of anilines is 1. The third-order valence-electron chi connectivity index (χ3n) is 2.70. The van der Waals surface area contributed by atoms with E-state index >= 15 is 0 Å². The first-order valence-corrected chi connectivity index (χ1v) is 6.88. The molecule has 0 aromatic heterocycles. The van der Waals surface area contributed by atoms with Gasteiger partial charge >= 0.3 is 5.97 Å². The molecule has 104 valence electrons. The van der Waals surface area contributed by atoms with Crippen molar-refractivity contribution in [3.63, 3.8) is 0 Å². The van der Waals surface area contributed by atoms with Gasteiger partial charge in [-0.05, 0) is 51.8 Å². The topological polar surface area (TPSA) is 69.6 Å². The molecule has 0 amide bonds. The van der Waals surface area contributed by atoms with Crippen LogP contribution in [0.25, 0.3) is 0 Å². The molecule has 1 atom stereocenters. The third-order valence-corrected chi connectivity index (χ3v) is 3.92. The zero-order valence-corrected chi connectivity index (χ0v) is 12.5. The van der Waals surface area contributed by atoms with Crippen LogP contribution >= 0.6 is 27.5 Å². The molecule has 0 heterocycles. The zero-order valence-electron chi connectivity index (χ0n) is 10.2. The lowest BCUT2D eigenvalue weighted by atomic mass is 10.1. The van der Waals surface area contributed by atoms with Crippen LogP contribution in [0, 0.1) is 0 Å². The SMILES string of the molecule is O=C(O)C(Nc1ccc(Cl)c(Br)c1)c1ccc(O)cc1. The summed E-state index contributed by atoms with van der Waals surface area (Å²) in [7, 11) is 0. The highest BCUT2D eigenvalue weighted by molar-refractivity contribution is 9.10. The lowest BCUT2D eigenvalue weighted by Gasteiger charge is -2.16. The van der Waals surface area contributed by atoms with Gasteiger partial charge in [-0.15, -0.1) is 0 Å². The molecule has 0 fully saturated rings. The zero-order chi connectivity index (χ0) is 14.7. The standard InChI is InChI=1S/C14H11BrClNO3/c15-11-7-9(3-6-12(11)16)17-13(14(19)20)8-1-4-10(18)5-2-8/h1-7,13,17-18H,(H,19,20). The van der Waals surface area contributed by atoms with Gasteiger partial charge in [0.15, 0.2) is 6.04 Å². The van der Waals surface area contributed by atoms with E-state index in [1.165, 1.54) is 12.1 Å². The Kier molecular flexibility index (Phi) is 4.52. The fourth-order valence-electron chi connectivity index (χ4n) is 1.71. The molecule has 3 N–H and O–H groups in total. The van der Waals surface area contributed by atoms with Crippen LogP contribution in [0.1, 0.15) is 11.6 Å². The number of phenolic OH excluding ortho intramolecular Hbond substituents is 1. The van der Waals surface area contributed by atoms with Crippen molar-refractivity contribution in [1.29, 1.82) is 0 Å². The molecule has 0 aliphatic heterocycles.